The molecule has 0 spiro atoms. The van der Waals surface area contributed by atoms with Crippen LogP contribution in [0.15, 0.2) is 10.9 Å². The molecule has 1 aromatic rings. The Bertz CT molecular complexity index is 767. The van der Waals surface area contributed by atoms with Gasteiger partial charge in [-0.1, -0.05) is 6.42 Å². The highest BCUT2D eigenvalue weighted by atomic mass is 16.5. The molecule has 0 N–H and O–H groups in total. The maximum atomic E-state index is 12.8. The summed E-state index contributed by atoms with van der Waals surface area (Å²) in [5.74, 6) is 1.28. The number of hydrogen-bond acceptors (Lipinski definition) is 5. The molecule has 4 rings (SSSR count). The molecule has 28 heavy (non-hydrogen) atoms. The molecule has 1 amide bonds. The number of hydrogen-bond donors (Lipinski definition) is 0. The van der Waals surface area contributed by atoms with Crippen LogP contribution >= 0.6 is 0 Å². The second-order valence-electron chi connectivity index (χ2n) is 8.67. The Morgan fingerprint density at radius 1 is 1.14 bits per heavy atom. The molecule has 0 radical (unpaired) electrons. The van der Waals surface area contributed by atoms with Crippen molar-refractivity contribution in [3.8, 4) is 0 Å². The molecule has 2 saturated heterocycles. The van der Waals surface area contributed by atoms with Gasteiger partial charge in [-0.05, 0) is 33.1 Å². The third-order valence-corrected chi connectivity index (χ3v) is 6.20. The van der Waals surface area contributed by atoms with E-state index in [4.69, 9.17) is 9.72 Å². The highest BCUT2D eigenvalue weighted by Crippen LogP contribution is 2.26. The molecule has 1 aromatic heterocycles. The molecular formula is C21H32N4O3. The van der Waals surface area contributed by atoms with Gasteiger partial charge in [0.2, 0.25) is 5.91 Å². The number of carbonyl (C=O) groups is 1. The van der Waals surface area contributed by atoms with Crippen LogP contribution in [0.1, 0.15) is 57.0 Å². The standard InChI is InChI=1S/C21H32N4O3/c1-15-11-23(12-16(2)28-15)14-21(27)24-9-7-17(13-24)18-10-20(26)25-8-5-3-4-6-19(25)22-18/h10,15-17H,3-9,11-14H2,1-2H3/t15-,16-,17-/m1/s1. The molecule has 4 heterocycles. The number of aromatic nitrogens is 2. The van der Waals surface area contributed by atoms with Gasteiger partial charge < -0.3 is 9.64 Å². The zero-order chi connectivity index (χ0) is 19.7. The van der Waals surface area contributed by atoms with Gasteiger partial charge in [-0.3, -0.25) is 19.1 Å². The van der Waals surface area contributed by atoms with Gasteiger partial charge in [0.1, 0.15) is 5.82 Å². The number of fused-ring (bicyclic) bond motifs is 1. The summed E-state index contributed by atoms with van der Waals surface area (Å²) in [7, 11) is 0. The van der Waals surface area contributed by atoms with E-state index < -0.39 is 0 Å². The van der Waals surface area contributed by atoms with Gasteiger partial charge in [-0.25, -0.2) is 4.98 Å². The predicted molar refractivity (Wildman–Crippen MR) is 106 cm³/mol. The molecule has 0 unspecified atom stereocenters. The fraction of sp³-hybridized carbons (Fsp3) is 0.762. The average Bonchev–Trinajstić information content (AvgIpc) is 3.00. The summed E-state index contributed by atoms with van der Waals surface area (Å²) in [5.41, 5.74) is 0.949. The molecule has 154 valence electrons. The smallest absolute Gasteiger partial charge is 0.253 e. The molecule has 0 saturated carbocycles. The fourth-order valence-electron chi connectivity index (χ4n) is 4.88. The van der Waals surface area contributed by atoms with Crippen molar-refractivity contribution in [3.05, 3.63) is 27.9 Å². The Labute approximate surface area is 166 Å². The first-order chi connectivity index (χ1) is 13.5. The van der Waals surface area contributed by atoms with E-state index in [1.54, 1.807) is 6.07 Å². The van der Waals surface area contributed by atoms with Gasteiger partial charge in [-0.2, -0.15) is 0 Å². The Hall–Kier alpha value is -1.73. The molecule has 2 fully saturated rings. The number of ether oxygens (including phenoxy) is 1. The number of morpholine rings is 1. The first-order valence-electron chi connectivity index (χ1n) is 10.8. The van der Waals surface area contributed by atoms with E-state index in [1.165, 1.54) is 0 Å². The van der Waals surface area contributed by atoms with Gasteiger partial charge >= 0.3 is 0 Å². The second-order valence-corrected chi connectivity index (χ2v) is 8.67. The van der Waals surface area contributed by atoms with Crippen LogP contribution in [-0.2, 0) is 22.5 Å². The summed E-state index contributed by atoms with van der Waals surface area (Å²) < 4.78 is 7.60. The summed E-state index contributed by atoms with van der Waals surface area (Å²) in [5, 5.41) is 0. The third kappa shape index (κ3) is 4.30. The summed E-state index contributed by atoms with van der Waals surface area (Å²) in [6.07, 6.45) is 5.41. The van der Waals surface area contributed by atoms with Crippen LogP contribution in [-0.4, -0.2) is 70.2 Å². The monoisotopic (exact) mass is 388 g/mol. The fourth-order valence-corrected chi connectivity index (χ4v) is 4.88. The molecule has 7 nitrogen and oxygen atoms in total. The molecule has 3 aliphatic rings. The van der Waals surface area contributed by atoms with E-state index in [1.807, 2.05) is 9.47 Å². The van der Waals surface area contributed by atoms with Crippen molar-refractivity contribution >= 4 is 5.91 Å². The molecule has 3 aliphatic heterocycles. The van der Waals surface area contributed by atoms with E-state index in [-0.39, 0.29) is 29.6 Å². The van der Waals surface area contributed by atoms with Gasteiger partial charge in [0, 0.05) is 51.1 Å². The topological polar surface area (TPSA) is 67.7 Å². The maximum absolute atomic E-state index is 12.8. The van der Waals surface area contributed by atoms with Crippen molar-refractivity contribution in [2.45, 2.75) is 70.6 Å². The lowest BCUT2D eigenvalue weighted by Crippen LogP contribution is -2.49. The van der Waals surface area contributed by atoms with E-state index >= 15 is 0 Å². The van der Waals surface area contributed by atoms with Crippen molar-refractivity contribution < 1.29 is 9.53 Å². The van der Waals surface area contributed by atoms with Crippen LogP contribution < -0.4 is 5.56 Å². The van der Waals surface area contributed by atoms with Gasteiger partial charge in [0.25, 0.3) is 5.56 Å². The molecule has 0 bridgehead atoms. The quantitative estimate of drug-likeness (QED) is 0.783. The first kappa shape index (κ1) is 19.6. The Kier molecular flexibility index (Phi) is 5.83. The summed E-state index contributed by atoms with van der Waals surface area (Å²) in [6, 6.07) is 1.71. The minimum Gasteiger partial charge on any atom is -0.373 e. The second kappa shape index (κ2) is 8.33. The van der Waals surface area contributed by atoms with Crippen LogP contribution in [0, 0.1) is 0 Å². The maximum Gasteiger partial charge on any atom is 0.253 e. The third-order valence-electron chi connectivity index (χ3n) is 6.20. The van der Waals surface area contributed by atoms with Gasteiger partial charge in [0.05, 0.1) is 24.4 Å². The van der Waals surface area contributed by atoms with Crippen molar-refractivity contribution in [1.82, 2.24) is 19.4 Å². The predicted octanol–water partition coefficient (Wildman–Crippen LogP) is 1.39. The SMILES string of the molecule is C[C@@H]1CN(CC(=O)N2CC[C@@H](c3cc(=O)n4c(n3)CCCCC4)C2)C[C@@H](C)O1. The van der Waals surface area contributed by atoms with Gasteiger partial charge in [-0.15, -0.1) is 0 Å². The van der Waals surface area contributed by atoms with Gasteiger partial charge in [0.15, 0.2) is 0 Å². The van der Waals surface area contributed by atoms with Crippen molar-refractivity contribution in [2.75, 3.05) is 32.7 Å². The summed E-state index contributed by atoms with van der Waals surface area (Å²) >= 11 is 0. The Morgan fingerprint density at radius 2 is 1.93 bits per heavy atom. The van der Waals surface area contributed by atoms with E-state index in [9.17, 15) is 9.59 Å². The first-order valence-corrected chi connectivity index (χ1v) is 10.8. The molecule has 0 aliphatic carbocycles. The lowest BCUT2D eigenvalue weighted by molar-refractivity contribution is -0.134. The average molecular weight is 389 g/mol. The number of carbonyl (C=O) groups excluding carboxylic acids is 1. The Balaban J connectivity index is 1.40. The normalized spacial score (nSPS) is 28.8. The number of aryl methyl sites for hydroxylation is 1. The van der Waals surface area contributed by atoms with Crippen molar-refractivity contribution in [2.24, 2.45) is 0 Å². The van der Waals surface area contributed by atoms with Crippen LogP contribution in [0.25, 0.3) is 0 Å². The molecule has 3 atom stereocenters. The number of nitrogens with zero attached hydrogens (tertiary/aromatic N) is 4. The minimum atomic E-state index is 0.0722. The zero-order valence-electron chi connectivity index (χ0n) is 17.1. The van der Waals surface area contributed by atoms with Crippen LogP contribution in [0.5, 0.6) is 0 Å². The summed E-state index contributed by atoms with van der Waals surface area (Å²) in [6.45, 7) is 8.37. The van der Waals surface area contributed by atoms with E-state index in [0.717, 1.165) is 69.8 Å². The molecule has 7 heteroatoms. The Morgan fingerprint density at radius 3 is 2.71 bits per heavy atom. The largest absolute Gasteiger partial charge is 0.373 e. The van der Waals surface area contributed by atoms with Crippen LogP contribution in [0.2, 0.25) is 0 Å². The number of rotatable bonds is 3. The van der Waals surface area contributed by atoms with E-state index in [2.05, 4.69) is 18.7 Å². The van der Waals surface area contributed by atoms with Crippen molar-refractivity contribution in [3.63, 3.8) is 0 Å². The zero-order valence-corrected chi connectivity index (χ0v) is 17.1. The lowest BCUT2D eigenvalue weighted by Gasteiger charge is -2.35. The number of amides is 1. The lowest BCUT2D eigenvalue weighted by atomic mass is 10.0. The highest BCUT2D eigenvalue weighted by Gasteiger charge is 2.31. The number of likely N-dealkylation sites (tertiary alicyclic amines) is 1. The highest BCUT2D eigenvalue weighted by molar-refractivity contribution is 5.78. The van der Waals surface area contributed by atoms with Crippen molar-refractivity contribution in [1.29, 1.82) is 0 Å². The summed E-state index contributed by atoms with van der Waals surface area (Å²) in [4.78, 5) is 34.3. The molecule has 0 aromatic carbocycles. The van der Waals surface area contributed by atoms with E-state index in [0.29, 0.717) is 13.1 Å². The van der Waals surface area contributed by atoms with Crippen LogP contribution in [0.4, 0.5) is 0 Å². The minimum absolute atomic E-state index is 0.0722. The van der Waals surface area contributed by atoms with Crippen LogP contribution in [0.3, 0.4) is 0 Å². The molecular weight excluding hydrogens is 356 g/mol.